The fraction of sp³-hybridized carbons (Fsp3) is 0.529. The maximum atomic E-state index is 4.67. The Labute approximate surface area is 136 Å². The van der Waals surface area contributed by atoms with Gasteiger partial charge < -0.3 is 10.2 Å². The van der Waals surface area contributed by atoms with Crippen LogP contribution in [0.4, 0.5) is 11.8 Å². The van der Waals surface area contributed by atoms with Crippen LogP contribution >= 0.6 is 0 Å². The lowest BCUT2D eigenvalue weighted by atomic mass is 10.1. The summed E-state index contributed by atoms with van der Waals surface area (Å²) in [6, 6.07) is 4.27. The van der Waals surface area contributed by atoms with Gasteiger partial charge in [0.2, 0.25) is 5.95 Å². The van der Waals surface area contributed by atoms with Crippen molar-refractivity contribution in [3.63, 3.8) is 0 Å². The largest absolute Gasteiger partial charge is 0.365 e. The first-order valence-corrected chi connectivity index (χ1v) is 8.42. The molecule has 1 aliphatic carbocycles. The van der Waals surface area contributed by atoms with Gasteiger partial charge in [-0.3, -0.25) is 0 Å². The molecule has 0 bridgehead atoms. The molecule has 0 spiro atoms. The van der Waals surface area contributed by atoms with Gasteiger partial charge in [-0.15, -0.1) is 0 Å². The van der Waals surface area contributed by atoms with E-state index in [4.69, 9.17) is 0 Å². The van der Waals surface area contributed by atoms with Gasteiger partial charge in [0, 0.05) is 43.1 Å². The van der Waals surface area contributed by atoms with Crippen LogP contribution in [0.3, 0.4) is 0 Å². The Morgan fingerprint density at radius 1 is 1.09 bits per heavy atom. The molecule has 2 fully saturated rings. The lowest BCUT2D eigenvalue weighted by Gasteiger charge is -2.33. The van der Waals surface area contributed by atoms with Crippen molar-refractivity contribution < 1.29 is 0 Å². The van der Waals surface area contributed by atoms with E-state index < -0.39 is 0 Å². The van der Waals surface area contributed by atoms with Crippen molar-refractivity contribution in [1.29, 1.82) is 0 Å². The van der Waals surface area contributed by atoms with E-state index >= 15 is 0 Å². The number of rotatable bonds is 4. The molecule has 4 rings (SSSR count). The number of aromatic nitrogens is 4. The number of piperidine rings is 1. The van der Waals surface area contributed by atoms with Crippen molar-refractivity contribution in [3.8, 4) is 0 Å². The van der Waals surface area contributed by atoms with E-state index in [0.29, 0.717) is 12.0 Å². The van der Waals surface area contributed by atoms with Gasteiger partial charge in [0.05, 0.1) is 0 Å². The highest BCUT2D eigenvalue weighted by atomic mass is 15.3. The predicted molar refractivity (Wildman–Crippen MR) is 89.6 cm³/mol. The van der Waals surface area contributed by atoms with Crippen molar-refractivity contribution >= 4 is 11.8 Å². The van der Waals surface area contributed by atoms with Crippen molar-refractivity contribution in [2.75, 3.05) is 23.3 Å². The average molecular weight is 310 g/mol. The molecule has 0 aromatic carbocycles. The molecule has 120 valence electrons. The molecular formula is C17H22N6. The highest BCUT2D eigenvalue weighted by Crippen LogP contribution is 2.38. The SMILES string of the molecule is Cc1ccnc(N2CCCC(Nc3ccnc(C4CC4)n3)C2)n1. The van der Waals surface area contributed by atoms with E-state index in [-0.39, 0.29) is 0 Å². The third-order valence-corrected chi connectivity index (χ3v) is 4.46. The highest BCUT2D eigenvalue weighted by molar-refractivity contribution is 5.38. The number of hydrogen-bond acceptors (Lipinski definition) is 6. The van der Waals surface area contributed by atoms with E-state index in [9.17, 15) is 0 Å². The van der Waals surface area contributed by atoms with E-state index in [2.05, 4.69) is 30.2 Å². The average Bonchev–Trinajstić information content (AvgIpc) is 3.40. The predicted octanol–water partition coefficient (Wildman–Crippen LogP) is 2.53. The van der Waals surface area contributed by atoms with Crippen molar-refractivity contribution in [3.05, 3.63) is 36.0 Å². The standard InChI is InChI=1S/C17H22N6/c1-12-6-8-19-17(20-12)23-10-2-3-14(11-23)21-15-7-9-18-16(22-15)13-4-5-13/h6-9,13-14H,2-5,10-11H2,1H3,(H,18,21,22). The minimum atomic E-state index is 0.370. The van der Waals surface area contributed by atoms with Gasteiger partial charge in [0.15, 0.2) is 0 Å². The maximum Gasteiger partial charge on any atom is 0.225 e. The van der Waals surface area contributed by atoms with E-state index in [1.54, 1.807) is 0 Å². The highest BCUT2D eigenvalue weighted by Gasteiger charge is 2.27. The summed E-state index contributed by atoms with van der Waals surface area (Å²) in [6.45, 7) is 3.93. The Hall–Kier alpha value is -2.24. The summed E-state index contributed by atoms with van der Waals surface area (Å²) in [5.41, 5.74) is 1.01. The van der Waals surface area contributed by atoms with Gasteiger partial charge in [-0.1, -0.05) is 0 Å². The first-order valence-electron chi connectivity index (χ1n) is 8.42. The van der Waals surface area contributed by atoms with Crippen LogP contribution < -0.4 is 10.2 Å². The molecule has 1 atom stereocenters. The summed E-state index contributed by atoms with van der Waals surface area (Å²) in [6.07, 6.45) is 8.44. The van der Waals surface area contributed by atoms with Crippen molar-refractivity contribution in [1.82, 2.24) is 19.9 Å². The first-order chi connectivity index (χ1) is 11.3. The Kier molecular flexibility index (Phi) is 3.81. The van der Waals surface area contributed by atoms with E-state index in [1.807, 2.05) is 31.5 Å². The monoisotopic (exact) mass is 310 g/mol. The molecule has 2 aromatic heterocycles. The lowest BCUT2D eigenvalue weighted by Crippen LogP contribution is -2.43. The van der Waals surface area contributed by atoms with E-state index in [1.165, 1.54) is 12.8 Å². The second-order valence-corrected chi connectivity index (χ2v) is 6.50. The molecule has 3 heterocycles. The second kappa shape index (κ2) is 6.10. The molecule has 1 N–H and O–H groups in total. The number of nitrogens with zero attached hydrogens (tertiary/aromatic N) is 5. The molecular weight excluding hydrogens is 288 g/mol. The fourth-order valence-corrected chi connectivity index (χ4v) is 3.07. The fourth-order valence-electron chi connectivity index (χ4n) is 3.07. The summed E-state index contributed by atoms with van der Waals surface area (Å²) in [4.78, 5) is 20.3. The molecule has 1 aliphatic heterocycles. The molecule has 2 aliphatic rings. The summed E-state index contributed by atoms with van der Waals surface area (Å²) in [5, 5.41) is 3.57. The van der Waals surface area contributed by atoms with Gasteiger partial charge in [0.1, 0.15) is 11.6 Å². The Bertz CT molecular complexity index is 684. The zero-order valence-corrected chi connectivity index (χ0v) is 13.4. The Morgan fingerprint density at radius 3 is 2.78 bits per heavy atom. The summed E-state index contributed by atoms with van der Waals surface area (Å²) < 4.78 is 0. The third-order valence-electron chi connectivity index (χ3n) is 4.46. The van der Waals surface area contributed by atoms with Gasteiger partial charge in [-0.05, 0) is 44.7 Å². The quantitative estimate of drug-likeness (QED) is 0.936. The lowest BCUT2D eigenvalue weighted by molar-refractivity contribution is 0.521. The van der Waals surface area contributed by atoms with Gasteiger partial charge in [-0.25, -0.2) is 19.9 Å². The number of aryl methyl sites for hydroxylation is 1. The Balaban J connectivity index is 1.44. The smallest absolute Gasteiger partial charge is 0.225 e. The third kappa shape index (κ3) is 3.41. The topological polar surface area (TPSA) is 66.8 Å². The summed E-state index contributed by atoms with van der Waals surface area (Å²) in [7, 11) is 0. The van der Waals surface area contributed by atoms with E-state index in [0.717, 1.165) is 49.2 Å². The molecule has 0 amide bonds. The molecule has 2 aromatic rings. The van der Waals surface area contributed by atoms with Crippen LogP contribution in [-0.2, 0) is 0 Å². The molecule has 6 nitrogen and oxygen atoms in total. The van der Waals surface area contributed by atoms with Gasteiger partial charge in [0.25, 0.3) is 0 Å². The van der Waals surface area contributed by atoms with Crippen LogP contribution in [0.2, 0.25) is 0 Å². The molecule has 23 heavy (non-hydrogen) atoms. The first kappa shape index (κ1) is 14.4. The van der Waals surface area contributed by atoms with Crippen LogP contribution in [0, 0.1) is 6.92 Å². The van der Waals surface area contributed by atoms with Gasteiger partial charge >= 0.3 is 0 Å². The Morgan fingerprint density at radius 2 is 1.96 bits per heavy atom. The van der Waals surface area contributed by atoms with Crippen LogP contribution in [0.5, 0.6) is 0 Å². The van der Waals surface area contributed by atoms with Gasteiger partial charge in [-0.2, -0.15) is 0 Å². The number of hydrogen-bond donors (Lipinski definition) is 1. The van der Waals surface area contributed by atoms with Crippen LogP contribution in [0.1, 0.15) is 43.1 Å². The zero-order chi connectivity index (χ0) is 15.6. The van der Waals surface area contributed by atoms with Crippen LogP contribution in [-0.4, -0.2) is 39.1 Å². The second-order valence-electron chi connectivity index (χ2n) is 6.50. The van der Waals surface area contributed by atoms with Crippen molar-refractivity contribution in [2.45, 2.75) is 44.6 Å². The summed E-state index contributed by atoms with van der Waals surface area (Å²) >= 11 is 0. The van der Waals surface area contributed by atoms with Crippen LogP contribution in [0.25, 0.3) is 0 Å². The zero-order valence-electron chi connectivity index (χ0n) is 13.4. The minimum Gasteiger partial charge on any atom is -0.365 e. The minimum absolute atomic E-state index is 0.370. The molecule has 1 saturated heterocycles. The molecule has 0 radical (unpaired) electrons. The number of nitrogens with one attached hydrogen (secondary N) is 1. The maximum absolute atomic E-state index is 4.67. The van der Waals surface area contributed by atoms with Crippen LogP contribution in [0.15, 0.2) is 24.5 Å². The number of anilines is 2. The normalized spacial score (nSPS) is 21.3. The molecule has 1 unspecified atom stereocenters. The molecule has 6 heteroatoms. The molecule has 1 saturated carbocycles. The summed E-state index contributed by atoms with van der Waals surface area (Å²) in [5.74, 6) is 3.35. The van der Waals surface area contributed by atoms with Crippen molar-refractivity contribution in [2.24, 2.45) is 0 Å².